The van der Waals surface area contributed by atoms with Crippen LogP contribution in [0.1, 0.15) is 20.8 Å². The van der Waals surface area contributed by atoms with Crippen molar-refractivity contribution in [3.63, 3.8) is 0 Å². The molecular formula is C13H21O8P. The van der Waals surface area contributed by atoms with Crippen molar-refractivity contribution in [2.24, 2.45) is 0 Å². The van der Waals surface area contributed by atoms with E-state index in [1.807, 2.05) is 0 Å². The molecule has 0 amide bonds. The van der Waals surface area contributed by atoms with Gasteiger partial charge < -0.3 is 27.8 Å². The lowest BCUT2D eigenvalue weighted by Gasteiger charge is -2.25. The number of carbonyl (C=O) groups excluding carboxylic acids is 2. The number of ether oxygens (including phenoxy) is 3. The molecule has 0 saturated heterocycles. The Morgan fingerprint density at radius 3 is 1.91 bits per heavy atom. The summed E-state index contributed by atoms with van der Waals surface area (Å²) in [5.74, 6) is -1.85. The van der Waals surface area contributed by atoms with Gasteiger partial charge in [-0.3, -0.25) is 0 Å². The van der Waals surface area contributed by atoms with Crippen molar-refractivity contribution < 1.29 is 37.4 Å². The topological polar surface area (TPSA) is 89.5 Å². The van der Waals surface area contributed by atoms with Crippen LogP contribution in [0.3, 0.4) is 0 Å². The first-order valence-electron chi connectivity index (χ1n) is 6.80. The Kier molecular flexibility index (Phi) is 7.09. The summed E-state index contributed by atoms with van der Waals surface area (Å²) in [6.07, 6.45) is 0. The minimum Gasteiger partial charge on any atom is -0.468 e. The predicted octanol–water partition coefficient (Wildman–Crippen LogP) is 1.62. The van der Waals surface area contributed by atoms with Crippen LogP contribution in [-0.2, 0) is 37.4 Å². The van der Waals surface area contributed by atoms with Crippen molar-refractivity contribution in [1.29, 1.82) is 0 Å². The lowest BCUT2D eigenvalue weighted by atomic mass is 10.2. The Bertz CT molecular complexity index is 498. The maximum atomic E-state index is 12.2. The second-order valence-corrected chi connectivity index (χ2v) is 6.06. The predicted molar refractivity (Wildman–Crippen MR) is 78.9 cm³/mol. The highest BCUT2D eigenvalue weighted by Gasteiger charge is 2.46. The maximum absolute atomic E-state index is 12.2. The molecule has 0 aliphatic carbocycles. The largest absolute Gasteiger partial charge is 0.468 e. The fourth-order valence-electron chi connectivity index (χ4n) is 1.87. The van der Waals surface area contributed by atoms with E-state index >= 15 is 0 Å². The normalized spacial score (nSPS) is 15.1. The third kappa shape index (κ3) is 3.52. The van der Waals surface area contributed by atoms with Gasteiger partial charge in [-0.2, -0.15) is 0 Å². The highest BCUT2D eigenvalue weighted by Crippen LogP contribution is 2.55. The number of hydrogen-bond acceptors (Lipinski definition) is 8. The second kappa shape index (κ2) is 8.33. The van der Waals surface area contributed by atoms with Gasteiger partial charge >= 0.3 is 17.9 Å². The third-order valence-corrected chi connectivity index (χ3v) is 5.31. The first kappa shape index (κ1) is 18.7. The summed E-state index contributed by atoms with van der Waals surface area (Å²) < 4.78 is 31.5. The third-order valence-electron chi connectivity index (χ3n) is 2.57. The van der Waals surface area contributed by atoms with Gasteiger partial charge in [0, 0.05) is 0 Å². The van der Waals surface area contributed by atoms with E-state index in [0.29, 0.717) is 0 Å². The Morgan fingerprint density at radius 1 is 1.05 bits per heavy atom. The average Bonchev–Trinajstić information content (AvgIpc) is 2.84. The molecule has 0 N–H and O–H groups in total. The summed E-state index contributed by atoms with van der Waals surface area (Å²) in [5.41, 5.74) is -0.168. The van der Waals surface area contributed by atoms with E-state index in [9.17, 15) is 9.59 Å². The first-order chi connectivity index (χ1) is 10.5. The lowest BCUT2D eigenvalue weighted by molar-refractivity contribution is -0.136. The van der Waals surface area contributed by atoms with Gasteiger partial charge in [0.1, 0.15) is 0 Å². The number of hydrogen-bond donors (Lipinski definition) is 0. The lowest BCUT2D eigenvalue weighted by Crippen LogP contribution is -2.22. The summed E-state index contributed by atoms with van der Waals surface area (Å²) in [6.45, 7) is 5.86. The first-order valence-corrected chi connectivity index (χ1v) is 8.34. The highest BCUT2D eigenvalue weighted by molar-refractivity contribution is 7.65. The molecule has 1 heterocycles. The van der Waals surface area contributed by atoms with Crippen LogP contribution in [-0.4, -0.2) is 51.3 Å². The molecule has 0 aromatic rings. The number of cyclic esters (lactones) is 1. The van der Waals surface area contributed by atoms with Crippen molar-refractivity contribution in [3.8, 4) is 0 Å². The average molecular weight is 336 g/mol. The van der Waals surface area contributed by atoms with Gasteiger partial charge in [-0.25, -0.2) is 9.59 Å². The van der Waals surface area contributed by atoms with Crippen molar-refractivity contribution in [2.75, 3.05) is 34.0 Å². The molecule has 126 valence electrons. The van der Waals surface area contributed by atoms with Crippen LogP contribution in [0.25, 0.3) is 0 Å². The van der Waals surface area contributed by atoms with Gasteiger partial charge in [-0.05, 0) is 20.8 Å². The molecule has 22 heavy (non-hydrogen) atoms. The molecular weight excluding hydrogens is 315 g/mol. The van der Waals surface area contributed by atoms with Gasteiger partial charge in [0.05, 0.1) is 34.0 Å². The minimum absolute atomic E-state index is 0.123. The summed E-state index contributed by atoms with van der Waals surface area (Å²) in [7, 11) is -0.810. The standard InChI is InChI=1S/C13H21O8P/c1-6-18-22(19-7-2,20-8-3)10-9(11(14)16-4)13(17-5)21-12(10)15/h6-8H2,1-5H3. The van der Waals surface area contributed by atoms with E-state index in [1.54, 1.807) is 20.8 Å². The molecule has 0 spiro atoms. The molecule has 0 atom stereocenters. The summed E-state index contributed by atoms with van der Waals surface area (Å²) in [6, 6.07) is 0. The van der Waals surface area contributed by atoms with E-state index in [1.165, 1.54) is 14.2 Å². The van der Waals surface area contributed by atoms with Crippen molar-refractivity contribution in [2.45, 2.75) is 20.8 Å². The van der Waals surface area contributed by atoms with E-state index in [0.717, 1.165) is 0 Å². The van der Waals surface area contributed by atoms with Crippen LogP contribution in [0.15, 0.2) is 11.5 Å². The fourth-order valence-corrected chi connectivity index (χ4v) is 4.23. The van der Waals surface area contributed by atoms with E-state index in [2.05, 4.69) is 0 Å². The van der Waals surface area contributed by atoms with Gasteiger partial charge in [-0.15, -0.1) is 0 Å². The zero-order valence-electron chi connectivity index (χ0n) is 13.3. The quantitative estimate of drug-likeness (QED) is 0.488. The van der Waals surface area contributed by atoms with Crippen LogP contribution < -0.4 is 0 Å². The minimum atomic E-state index is -3.27. The van der Waals surface area contributed by atoms with Gasteiger partial charge in [-0.1, -0.05) is 0 Å². The molecule has 1 aliphatic heterocycles. The second-order valence-electron chi connectivity index (χ2n) is 3.85. The van der Waals surface area contributed by atoms with Gasteiger partial charge in [0.2, 0.25) is 0 Å². The molecule has 8 nitrogen and oxygen atoms in total. The molecule has 0 aromatic heterocycles. The molecule has 1 rings (SSSR count). The van der Waals surface area contributed by atoms with Crippen LogP contribution in [0.4, 0.5) is 0 Å². The van der Waals surface area contributed by atoms with E-state index in [4.69, 9.17) is 27.8 Å². The smallest absolute Gasteiger partial charge is 0.354 e. The zero-order valence-corrected chi connectivity index (χ0v) is 14.2. The Labute approximate surface area is 129 Å². The molecule has 0 bridgehead atoms. The van der Waals surface area contributed by atoms with Gasteiger partial charge in [0.25, 0.3) is 7.57 Å². The monoisotopic (exact) mass is 336 g/mol. The van der Waals surface area contributed by atoms with Gasteiger partial charge in [0.15, 0.2) is 10.9 Å². The SMILES string of the molecule is CCOP(OCC)(OCC)=C1C(=O)OC(OC)=C1C(=O)OC. The summed E-state index contributed by atoms with van der Waals surface area (Å²) in [4.78, 5) is 24.3. The number of esters is 2. The molecule has 0 saturated carbocycles. The van der Waals surface area contributed by atoms with E-state index < -0.39 is 19.5 Å². The maximum Gasteiger partial charge on any atom is 0.354 e. The Hall–Kier alpha value is -1.34. The van der Waals surface area contributed by atoms with Crippen LogP contribution in [0, 0.1) is 0 Å². The molecule has 0 unspecified atom stereocenters. The van der Waals surface area contributed by atoms with Crippen molar-refractivity contribution in [3.05, 3.63) is 11.5 Å². The molecule has 0 radical (unpaired) electrons. The number of carbonyl (C=O) groups is 2. The molecule has 1 aliphatic rings. The van der Waals surface area contributed by atoms with Crippen molar-refractivity contribution in [1.82, 2.24) is 0 Å². The van der Waals surface area contributed by atoms with E-state index in [-0.39, 0.29) is 36.6 Å². The Balaban J connectivity index is 3.67. The zero-order chi connectivity index (χ0) is 16.8. The number of rotatable bonds is 8. The summed E-state index contributed by atoms with van der Waals surface area (Å²) >= 11 is 0. The fraction of sp³-hybridized carbons (Fsp3) is 0.615. The Morgan fingerprint density at radius 2 is 1.55 bits per heavy atom. The summed E-state index contributed by atoms with van der Waals surface area (Å²) in [5, 5.41) is -0.123. The molecule has 0 aromatic carbocycles. The number of methoxy groups -OCH3 is 2. The highest BCUT2D eigenvalue weighted by atomic mass is 31.2. The molecule has 0 fully saturated rings. The van der Waals surface area contributed by atoms with Crippen LogP contribution in [0.5, 0.6) is 0 Å². The van der Waals surface area contributed by atoms with Crippen LogP contribution in [0.2, 0.25) is 0 Å². The van der Waals surface area contributed by atoms with Crippen LogP contribution >= 0.6 is 7.57 Å². The van der Waals surface area contributed by atoms with Crippen molar-refractivity contribution >= 4 is 24.8 Å². The molecule has 9 heteroatoms.